The average Bonchev–Trinajstić information content (AvgIpc) is 3.33. The maximum atomic E-state index is 12.3. The summed E-state index contributed by atoms with van der Waals surface area (Å²) in [5.74, 6) is 1.88. The number of carbonyl (C=O) groups excluding carboxylic acids is 1. The van der Waals surface area contributed by atoms with Gasteiger partial charge in [0.1, 0.15) is 17.9 Å². The van der Waals surface area contributed by atoms with Crippen LogP contribution >= 0.6 is 11.8 Å². The van der Waals surface area contributed by atoms with Gasteiger partial charge in [-0.2, -0.15) is 10.2 Å². The third-order valence-electron chi connectivity index (χ3n) is 3.55. The van der Waals surface area contributed by atoms with Crippen molar-refractivity contribution in [2.75, 3.05) is 5.32 Å². The molecule has 0 saturated heterocycles. The van der Waals surface area contributed by atoms with E-state index in [2.05, 4.69) is 32.5 Å². The van der Waals surface area contributed by atoms with Gasteiger partial charge >= 0.3 is 0 Å². The number of anilines is 1. The van der Waals surface area contributed by atoms with E-state index in [9.17, 15) is 4.79 Å². The van der Waals surface area contributed by atoms with Gasteiger partial charge in [-0.3, -0.25) is 9.89 Å². The topological polar surface area (TPSA) is 102 Å². The molecule has 0 aliphatic heterocycles. The van der Waals surface area contributed by atoms with E-state index < -0.39 is 0 Å². The number of aromatic amines is 1. The van der Waals surface area contributed by atoms with Crippen molar-refractivity contribution < 1.29 is 9.21 Å². The first-order valence-corrected chi connectivity index (χ1v) is 8.57. The highest BCUT2D eigenvalue weighted by Gasteiger charge is 2.15. The van der Waals surface area contributed by atoms with E-state index in [0.29, 0.717) is 22.5 Å². The third kappa shape index (κ3) is 3.67. The molecule has 9 heteroatoms. The molecule has 0 aliphatic carbocycles. The normalized spacial score (nSPS) is 12.2. The van der Waals surface area contributed by atoms with Gasteiger partial charge in [0.2, 0.25) is 0 Å². The lowest BCUT2D eigenvalue weighted by Crippen LogP contribution is -2.17. The molecule has 24 heavy (non-hydrogen) atoms. The van der Waals surface area contributed by atoms with Crippen molar-refractivity contribution in [1.29, 1.82) is 0 Å². The number of hydrogen-bond donors (Lipinski definition) is 2. The number of thioether (sulfide) groups is 1. The summed E-state index contributed by atoms with van der Waals surface area (Å²) in [7, 11) is 0. The molecule has 1 amide bonds. The predicted molar refractivity (Wildman–Crippen MR) is 89.8 cm³/mol. The van der Waals surface area contributed by atoms with Crippen LogP contribution < -0.4 is 5.32 Å². The van der Waals surface area contributed by atoms with Crippen molar-refractivity contribution in [2.45, 2.75) is 37.2 Å². The Morgan fingerprint density at radius 1 is 1.46 bits per heavy atom. The van der Waals surface area contributed by atoms with Crippen LogP contribution in [0, 0.1) is 0 Å². The number of furan rings is 1. The van der Waals surface area contributed by atoms with Crippen LogP contribution in [-0.4, -0.2) is 30.9 Å². The Hall–Kier alpha value is -2.55. The molecule has 126 valence electrons. The monoisotopic (exact) mass is 346 g/mol. The van der Waals surface area contributed by atoms with Gasteiger partial charge in [-0.25, -0.2) is 9.67 Å². The second-order valence-electron chi connectivity index (χ2n) is 5.22. The first kappa shape index (κ1) is 16.3. The largest absolute Gasteiger partial charge is 0.455 e. The van der Waals surface area contributed by atoms with Crippen molar-refractivity contribution in [2.24, 2.45) is 0 Å². The number of H-pyrrole nitrogens is 1. The Labute approximate surface area is 143 Å². The van der Waals surface area contributed by atoms with Crippen LogP contribution in [-0.2, 0) is 5.75 Å². The molecule has 0 radical (unpaired) electrons. The fourth-order valence-corrected chi connectivity index (χ4v) is 2.77. The van der Waals surface area contributed by atoms with Crippen LogP contribution in [0.5, 0.6) is 0 Å². The smallest absolute Gasteiger partial charge is 0.292 e. The fraction of sp³-hybridized carbons (Fsp3) is 0.333. The van der Waals surface area contributed by atoms with Crippen LogP contribution in [0.1, 0.15) is 42.6 Å². The first-order chi connectivity index (χ1) is 11.7. The molecule has 0 bridgehead atoms. The zero-order valence-electron chi connectivity index (χ0n) is 13.4. The molecule has 0 unspecified atom stereocenters. The SMILES string of the molecule is CC[C@H](C)n1nccc1NC(=O)c1ccc(CSc2ncn[nH]2)o1. The number of carbonyl (C=O) groups is 1. The lowest BCUT2D eigenvalue weighted by molar-refractivity contribution is 0.0994. The van der Waals surface area contributed by atoms with E-state index >= 15 is 0 Å². The summed E-state index contributed by atoms with van der Waals surface area (Å²) in [6, 6.07) is 5.42. The number of hydrogen-bond acceptors (Lipinski definition) is 6. The minimum atomic E-state index is -0.295. The molecular weight excluding hydrogens is 328 g/mol. The van der Waals surface area contributed by atoms with Gasteiger partial charge in [0.15, 0.2) is 10.9 Å². The maximum Gasteiger partial charge on any atom is 0.292 e. The molecule has 0 saturated carbocycles. The van der Waals surface area contributed by atoms with Crippen LogP contribution in [0.3, 0.4) is 0 Å². The van der Waals surface area contributed by atoms with Crippen molar-refractivity contribution in [3.05, 3.63) is 42.2 Å². The van der Waals surface area contributed by atoms with Gasteiger partial charge in [0.25, 0.3) is 5.91 Å². The van der Waals surface area contributed by atoms with Crippen LogP contribution in [0.25, 0.3) is 0 Å². The summed E-state index contributed by atoms with van der Waals surface area (Å²) in [6.07, 6.45) is 4.04. The molecular formula is C15H18N6O2S. The van der Waals surface area contributed by atoms with Gasteiger partial charge in [-0.05, 0) is 25.5 Å². The van der Waals surface area contributed by atoms with Crippen molar-refractivity contribution in [1.82, 2.24) is 25.0 Å². The lowest BCUT2D eigenvalue weighted by atomic mass is 10.3. The molecule has 1 atom stereocenters. The van der Waals surface area contributed by atoms with E-state index in [1.807, 2.05) is 6.92 Å². The molecule has 0 aromatic carbocycles. The number of rotatable bonds is 7. The standard InChI is InChI=1S/C15H18N6O2S/c1-3-10(2)21-13(6-7-18-21)19-14(22)12-5-4-11(23-12)8-24-15-16-9-17-20-15/h4-7,9-10H,3,8H2,1-2H3,(H,19,22)(H,16,17,20)/t10-/m0/s1. The predicted octanol–water partition coefficient (Wildman–Crippen LogP) is 3.11. The van der Waals surface area contributed by atoms with Crippen LogP contribution in [0.15, 0.2) is 40.3 Å². The van der Waals surface area contributed by atoms with Gasteiger partial charge in [0, 0.05) is 6.07 Å². The van der Waals surface area contributed by atoms with Crippen LogP contribution in [0.2, 0.25) is 0 Å². The third-order valence-corrected chi connectivity index (χ3v) is 4.45. The Balaban J connectivity index is 1.62. The molecule has 0 fully saturated rings. The summed E-state index contributed by atoms with van der Waals surface area (Å²) in [5, 5.41) is 14.3. The average molecular weight is 346 g/mol. The van der Waals surface area contributed by atoms with E-state index in [1.165, 1.54) is 18.1 Å². The van der Waals surface area contributed by atoms with Crippen molar-refractivity contribution in [3.63, 3.8) is 0 Å². The second kappa shape index (κ2) is 7.35. The zero-order valence-corrected chi connectivity index (χ0v) is 14.2. The lowest BCUT2D eigenvalue weighted by Gasteiger charge is -2.13. The molecule has 3 rings (SSSR count). The summed E-state index contributed by atoms with van der Waals surface area (Å²) in [5.41, 5.74) is 0. The number of amides is 1. The Bertz CT molecular complexity index is 795. The van der Waals surface area contributed by atoms with E-state index in [0.717, 1.165) is 6.42 Å². The van der Waals surface area contributed by atoms with Gasteiger partial charge in [-0.15, -0.1) is 0 Å². The number of nitrogens with zero attached hydrogens (tertiary/aromatic N) is 4. The Kier molecular flexibility index (Phi) is 4.99. The quantitative estimate of drug-likeness (QED) is 0.637. The summed E-state index contributed by atoms with van der Waals surface area (Å²) >= 11 is 1.45. The van der Waals surface area contributed by atoms with Crippen LogP contribution in [0.4, 0.5) is 5.82 Å². The van der Waals surface area contributed by atoms with E-state index in [1.54, 1.807) is 29.1 Å². The number of aromatic nitrogens is 5. The Morgan fingerprint density at radius 2 is 2.33 bits per heavy atom. The summed E-state index contributed by atoms with van der Waals surface area (Å²) in [4.78, 5) is 16.4. The molecule has 8 nitrogen and oxygen atoms in total. The zero-order chi connectivity index (χ0) is 16.9. The van der Waals surface area contributed by atoms with Gasteiger partial charge in [0.05, 0.1) is 18.0 Å². The maximum absolute atomic E-state index is 12.3. The number of nitrogens with one attached hydrogen (secondary N) is 2. The summed E-state index contributed by atoms with van der Waals surface area (Å²) < 4.78 is 7.39. The molecule has 0 spiro atoms. The molecule has 3 aromatic rings. The highest BCUT2D eigenvalue weighted by molar-refractivity contribution is 7.98. The van der Waals surface area contributed by atoms with E-state index in [4.69, 9.17) is 4.42 Å². The molecule has 0 aliphatic rings. The fourth-order valence-electron chi connectivity index (χ4n) is 2.10. The minimum Gasteiger partial charge on any atom is -0.455 e. The first-order valence-electron chi connectivity index (χ1n) is 7.59. The summed E-state index contributed by atoms with van der Waals surface area (Å²) in [6.45, 7) is 4.12. The Morgan fingerprint density at radius 3 is 3.08 bits per heavy atom. The molecule has 2 N–H and O–H groups in total. The highest BCUT2D eigenvalue weighted by atomic mass is 32.2. The highest BCUT2D eigenvalue weighted by Crippen LogP contribution is 2.21. The molecule has 3 aromatic heterocycles. The minimum absolute atomic E-state index is 0.209. The van der Waals surface area contributed by atoms with Crippen molar-refractivity contribution in [3.8, 4) is 0 Å². The molecule has 3 heterocycles. The van der Waals surface area contributed by atoms with Crippen molar-refractivity contribution >= 4 is 23.5 Å². The van der Waals surface area contributed by atoms with Gasteiger partial charge < -0.3 is 9.73 Å². The second-order valence-corrected chi connectivity index (χ2v) is 6.18. The van der Waals surface area contributed by atoms with E-state index in [-0.39, 0.29) is 17.7 Å². The van der Waals surface area contributed by atoms with Gasteiger partial charge in [-0.1, -0.05) is 18.7 Å².